The van der Waals surface area contributed by atoms with Gasteiger partial charge in [0.05, 0.1) is 16.8 Å². The van der Waals surface area contributed by atoms with E-state index in [0.717, 1.165) is 0 Å². The Bertz CT molecular complexity index is 567. The SMILES string of the molecule is CC(C)(C)OP(=O)(Oc1ccc(Br)cc1C=O)OC(C)(C)C. The summed E-state index contributed by atoms with van der Waals surface area (Å²) >= 11 is 3.27. The largest absolute Gasteiger partial charge is 0.531 e. The van der Waals surface area contributed by atoms with Crippen LogP contribution in [0.4, 0.5) is 0 Å². The number of carbonyl (C=O) groups is 1. The summed E-state index contributed by atoms with van der Waals surface area (Å²) in [7, 11) is -3.91. The van der Waals surface area contributed by atoms with Gasteiger partial charge in [-0.1, -0.05) is 15.9 Å². The Labute approximate surface area is 140 Å². The molecule has 0 aliphatic rings. The van der Waals surface area contributed by atoms with Gasteiger partial charge >= 0.3 is 7.82 Å². The van der Waals surface area contributed by atoms with Gasteiger partial charge < -0.3 is 4.52 Å². The second kappa shape index (κ2) is 6.83. The molecule has 1 aromatic carbocycles. The third-order valence-corrected chi connectivity index (χ3v) is 4.54. The minimum atomic E-state index is -3.91. The lowest BCUT2D eigenvalue weighted by Crippen LogP contribution is -2.25. The number of phosphoric acid groups is 1. The van der Waals surface area contributed by atoms with Gasteiger partial charge in [0.25, 0.3) is 0 Å². The minimum Gasteiger partial charge on any atom is -0.403 e. The summed E-state index contributed by atoms with van der Waals surface area (Å²) < 4.78 is 30.2. The topological polar surface area (TPSA) is 61.8 Å². The summed E-state index contributed by atoms with van der Waals surface area (Å²) in [4.78, 5) is 11.2. The van der Waals surface area contributed by atoms with Crippen molar-refractivity contribution in [3.05, 3.63) is 28.2 Å². The molecule has 124 valence electrons. The number of benzene rings is 1. The highest BCUT2D eigenvalue weighted by Gasteiger charge is 2.39. The van der Waals surface area contributed by atoms with E-state index in [1.807, 2.05) is 0 Å². The van der Waals surface area contributed by atoms with Crippen LogP contribution in [0.5, 0.6) is 5.75 Å². The van der Waals surface area contributed by atoms with Crippen LogP contribution in [0, 0.1) is 0 Å². The highest BCUT2D eigenvalue weighted by Crippen LogP contribution is 2.55. The van der Waals surface area contributed by atoms with E-state index in [-0.39, 0.29) is 11.3 Å². The zero-order valence-electron chi connectivity index (χ0n) is 13.7. The summed E-state index contributed by atoms with van der Waals surface area (Å²) in [6.45, 7) is 10.5. The van der Waals surface area contributed by atoms with E-state index in [1.165, 1.54) is 0 Å². The van der Waals surface area contributed by atoms with Gasteiger partial charge in [-0.15, -0.1) is 0 Å². The van der Waals surface area contributed by atoms with Gasteiger partial charge in [-0.05, 0) is 59.7 Å². The molecule has 1 aromatic rings. The van der Waals surface area contributed by atoms with Gasteiger partial charge in [-0.3, -0.25) is 13.8 Å². The van der Waals surface area contributed by atoms with Crippen molar-refractivity contribution in [2.75, 3.05) is 0 Å². The lowest BCUT2D eigenvalue weighted by molar-refractivity contribution is 0.0224. The van der Waals surface area contributed by atoms with Gasteiger partial charge in [0, 0.05) is 4.47 Å². The van der Waals surface area contributed by atoms with Crippen molar-refractivity contribution in [2.45, 2.75) is 52.7 Å². The predicted molar refractivity (Wildman–Crippen MR) is 89.4 cm³/mol. The predicted octanol–water partition coefficient (Wildman–Crippen LogP) is 5.38. The number of halogens is 1. The summed E-state index contributed by atoms with van der Waals surface area (Å²) in [6.07, 6.45) is 0.624. The van der Waals surface area contributed by atoms with Crippen LogP contribution in [0.2, 0.25) is 0 Å². The molecule has 0 fully saturated rings. The fraction of sp³-hybridized carbons (Fsp3) is 0.533. The molecular formula is C15H22BrO5P. The van der Waals surface area contributed by atoms with E-state index < -0.39 is 19.0 Å². The number of hydrogen-bond donors (Lipinski definition) is 0. The molecule has 0 N–H and O–H groups in total. The van der Waals surface area contributed by atoms with Crippen LogP contribution in [-0.4, -0.2) is 17.5 Å². The molecular weight excluding hydrogens is 371 g/mol. The molecule has 0 bridgehead atoms. The maximum Gasteiger partial charge on any atom is 0.531 e. The van der Waals surface area contributed by atoms with E-state index in [1.54, 1.807) is 59.7 Å². The van der Waals surface area contributed by atoms with Crippen LogP contribution in [0.15, 0.2) is 22.7 Å². The zero-order chi connectivity index (χ0) is 17.2. The minimum absolute atomic E-state index is 0.148. The number of rotatable bonds is 5. The lowest BCUT2D eigenvalue weighted by atomic mass is 10.2. The molecule has 0 radical (unpaired) electrons. The molecule has 0 atom stereocenters. The third kappa shape index (κ3) is 6.61. The van der Waals surface area contributed by atoms with Crippen molar-refractivity contribution in [1.29, 1.82) is 0 Å². The first kappa shape index (κ1) is 19.4. The Hall–Kier alpha value is -0.680. The molecule has 0 aromatic heterocycles. The van der Waals surface area contributed by atoms with Crippen molar-refractivity contribution in [2.24, 2.45) is 0 Å². The average Bonchev–Trinajstić information content (AvgIpc) is 2.25. The lowest BCUT2D eigenvalue weighted by Gasteiger charge is -2.31. The number of carbonyl (C=O) groups excluding carboxylic acids is 1. The highest BCUT2D eigenvalue weighted by molar-refractivity contribution is 9.10. The van der Waals surface area contributed by atoms with Gasteiger partial charge in [0.1, 0.15) is 5.75 Å². The van der Waals surface area contributed by atoms with Crippen LogP contribution in [0.25, 0.3) is 0 Å². The van der Waals surface area contributed by atoms with Crippen LogP contribution in [0.3, 0.4) is 0 Å². The molecule has 1 rings (SSSR count). The van der Waals surface area contributed by atoms with Gasteiger partial charge in [-0.25, -0.2) is 4.57 Å². The van der Waals surface area contributed by atoms with Crippen LogP contribution >= 0.6 is 23.8 Å². The van der Waals surface area contributed by atoms with Crippen LogP contribution < -0.4 is 4.52 Å². The van der Waals surface area contributed by atoms with Crippen LogP contribution in [-0.2, 0) is 13.6 Å². The number of phosphoric ester groups is 1. The number of hydrogen-bond acceptors (Lipinski definition) is 5. The summed E-state index contributed by atoms with van der Waals surface area (Å²) in [5.74, 6) is 0.148. The van der Waals surface area contributed by atoms with Gasteiger partial charge in [0.15, 0.2) is 6.29 Å². The Morgan fingerprint density at radius 2 is 1.55 bits per heavy atom. The quantitative estimate of drug-likeness (QED) is 0.497. The molecule has 0 heterocycles. The first-order chi connectivity index (χ1) is 9.84. The second-order valence-corrected chi connectivity index (χ2v) is 9.10. The van der Waals surface area contributed by atoms with Crippen molar-refractivity contribution < 1.29 is 22.9 Å². The van der Waals surface area contributed by atoms with E-state index in [9.17, 15) is 9.36 Å². The molecule has 0 aliphatic heterocycles. The Kier molecular flexibility index (Phi) is 6.01. The fourth-order valence-electron chi connectivity index (χ4n) is 1.54. The molecule has 0 amide bonds. The first-order valence-corrected chi connectivity index (χ1v) is 9.05. The standard InChI is InChI=1S/C15H22BrO5P/c1-14(2,3)20-22(18,21-15(4,5)6)19-13-8-7-12(16)9-11(13)10-17/h7-10H,1-6H3. The molecule has 22 heavy (non-hydrogen) atoms. The van der Waals surface area contributed by atoms with Gasteiger partial charge in [-0.2, -0.15) is 0 Å². The normalized spacial score (nSPS) is 13.0. The maximum absolute atomic E-state index is 13.0. The average molecular weight is 393 g/mol. The van der Waals surface area contributed by atoms with E-state index in [4.69, 9.17) is 13.6 Å². The second-order valence-electron chi connectivity index (χ2n) is 6.75. The first-order valence-electron chi connectivity index (χ1n) is 6.79. The van der Waals surface area contributed by atoms with Crippen molar-refractivity contribution in [3.63, 3.8) is 0 Å². The molecule has 0 unspecified atom stereocenters. The van der Waals surface area contributed by atoms with Gasteiger partial charge in [0.2, 0.25) is 0 Å². The van der Waals surface area contributed by atoms with E-state index >= 15 is 0 Å². The molecule has 0 saturated heterocycles. The monoisotopic (exact) mass is 392 g/mol. The van der Waals surface area contributed by atoms with Crippen molar-refractivity contribution >= 4 is 30.0 Å². The zero-order valence-corrected chi connectivity index (χ0v) is 16.2. The van der Waals surface area contributed by atoms with Crippen LogP contribution in [0.1, 0.15) is 51.9 Å². The summed E-state index contributed by atoms with van der Waals surface area (Å²) in [6, 6.07) is 4.79. The Morgan fingerprint density at radius 1 is 1.05 bits per heavy atom. The molecule has 0 spiro atoms. The molecule has 0 saturated carbocycles. The fourth-order valence-corrected chi connectivity index (χ4v) is 3.78. The number of aldehydes is 1. The molecule has 5 nitrogen and oxygen atoms in total. The smallest absolute Gasteiger partial charge is 0.403 e. The summed E-state index contributed by atoms with van der Waals surface area (Å²) in [5.41, 5.74) is -1.22. The van der Waals surface area contributed by atoms with Crippen molar-refractivity contribution in [3.8, 4) is 5.75 Å². The molecule has 7 heteroatoms. The maximum atomic E-state index is 13.0. The Balaban J connectivity index is 3.19. The van der Waals surface area contributed by atoms with E-state index in [2.05, 4.69) is 15.9 Å². The third-order valence-electron chi connectivity index (χ3n) is 2.08. The highest BCUT2D eigenvalue weighted by atomic mass is 79.9. The summed E-state index contributed by atoms with van der Waals surface area (Å²) in [5, 5.41) is 0. The Morgan fingerprint density at radius 3 is 1.95 bits per heavy atom. The van der Waals surface area contributed by atoms with Crippen molar-refractivity contribution in [1.82, 2.24) is 0 Å². The van der Waals surface area contributed by atoms with E-state index in [0.29, 0.717) is 10.8 Å². The molecule has 0 aliphatic carbocycles.